The van der Waals surface area contributed by atoms with Crippen LogP contribution < -0.4 is 5.32 Å². The first kappa shape index (κ1) is 12.2. The summed E-state index contributed by atoms with van der Waals surface area (Å²) >= 11 is 1.000. The SMILES string of the molecule is FC(F)(F)c1csc(N[C@H]2CCO[C@H]2C2CC2)n1. The van der Waals surface area contributed by atoms with Crippen LogP contribution in [-0.4, -0.2) is 23.7 Å². The van der Waals surface area contributed by atoms with Gasteiger partial charge in [-0.05, 0) is 25.2 Å². The van der Waals surface area contributed by atoms with E-state index in [4.69, 9.17) is 4.74 Å². The van der Waals surface area contributed by atoms with E-state index in [0.717, 1.165) is 36.0 Å². The zero-order chi connectivity index (χ0) is 12.8. The topological polar surface area (TPSA) is 34.1 Å². The van der Waals surface area contributed by atoms with Gasteiger partial charge in [0, 0.05) is 12.0 Å². The van der Waals surface area contributed by atoms with Gasteiger partial charge in [0.15, 0.2) is 10.8 Å². The number of halogens is 3. The zero-order valence-corrected chi connectivity index (χ0v) is 10.4. The average molecular weight is 278 g/mol. The molecule has 1 aliphatic carbocycles. The third-order valence-electron chi connectivity index (χ3n) is 3.33. The Morgan fingerprint density at radius 3 is 2.72 bits per heavy atom. The molecule has 2 fully saturated rings. The van der Waals surface area contributed by atoms with Crippen molar-refractivity contribution in [2.45, 2.75) is 37.6 Å². The molecule has 3 rings (SSSR count). The third-order valence-corrected chi connectivity index (χ3v) is 4.10. The Morgan fingerprint density at radius 1 is 1.33 bits per heavy atom. The number of hydrogen-bond donors (Lipinski definition) is 1. The largest absolute Gasteiger partial charge is 0.434 e. The van der Waals surface area contributed by atoms with Crippen molar-refractivity contribution >= 4 is 16.5 Å². The van der Waals surface area contributed by atoms with E-state index >= 15 is 0 Å². The molecule has 1 N–H and O–H groups in total. The lowest BCUT2D eigenvalue weighted by molar-refractivity contribution is -0.140. The molecule has 2 heterocycles. The lowest BCUT2D eigenvalue weighted by Crippen LogP contribution is -2.30. The summed E-state index contributed by atoms with van der Waals surface area (Å²) in [4.78, 5) is 3.59. The second kappa shape index (κ2) is 4.38. The van der Waals surface area contributed by atoms with E-state index in [1.54, 1.807) is 0 Å². The Morgan fingerprint density at radius 2 is 2.11 bits per heavy atom. The summed E-state index contributed by atoms with van der Waals surface area (Å²) in [5.41, 5.74) is -0.822. The summed E-state index contributed by atoms with van der Waals surface area (Å²) in [7, 11) is 0. The second-order valence-corrected chi connectivity index (χ2v) is 5.61. The number of anilines is 1. The molecule has 1 aliphatic heterocycles. The van der Waals surface area contributed by atoms with E-state index < -0.39 is 11.9 Å². The Bertz CT molecular complexity index is 430. The highest BCUT2D eigenvalue weighted by molar-refractivity contribution is 7.13. The van der Waals surface area contributed by atoms with Gasteiger partial charge in [-0.25, -0.2) is 4.98 Å². The van der Waals surface area contributed by atoms with Gasteiger partial charge in [-0.3, -0.25) is 0 Å². The molecular weight excluding hydrogens is 265 g/mol. The molecule has 0 unspecified atom stereocenters. The maximum absolute atomic E-state index is 12.4. The Hall–Kier alpha value is -0.820. The highest BCUT2D eigenvalue weighted by atomic mass is 32.1. The molecule has 0 radical (unpaired) electrons. The van der Waals surface area contributed by atoms with Crippen LogP contribution >= 0.6 is 11.3 Å². The van der Waals surface area contributed by atoms with Crippen molar-refractivity contribution in [1.82, 2.24) is 4.98 Å². The van der Waals surface area contributed by atoms with Crippen LogP contribution in [0.5, 0.6) is 0 Å². The van der Waals surface area contributed by atoms with Crippen LogP contribution in [0.1, 0.15) is 25.0 Å². The molecule has 1 aromatic heterocycles. The normalized spacial score (nSPS) is 28.6. The van der Waals surface area contributed by atoms with Crippen molar-refractivity contribution in [3.8, 4) is 0 Å². The van der Waals surface area contributed by atoms with Gasteiger partial charge in [0.1, 0.15) is 0 Å². The van der Waals surface area contributed by atoms with Crippen LogP contribution in [-0.2, 0) is 10.9 Å². The van der Waals surface area contributed by atoms with Crippen LogP contribution in [0.25, 0.3) is 0 Å². The van der Waals surface area contributed by atoms with Gasteiger partial charge in [-0.1, -0.05) is 0 Å². The van der Waals surface area contributed by atoms with Crippen molar-refractivity contribution in [2.24, 2.45) is 5.92 Å². The minimum atomic E-state index is -4.36. The van der Waals surface area contributed by atoms with Gasteiger partial charge >= 0.3 is 6.18 Å². The van der Waals surface area contributed by atoms with Crippen LogP contribution in [0.4, 0.5) is 18.3 Å². The van der Waals surface area contributed by atoms with E-state index in [-0.39, 0.29) is 12.1 Å². The fourth-order valence-electron chi connectivity index (χ4n) is 2.28. The lowest BCUT2D eigenvalue weighted by Gasteiger charge is -2.18. The summed E-state index contributed by atoms with van der Waals surface area (Å²) in [5, 5.41) is 4.47. The molecule has 100 valence electrons. The number of alkyl halides is 3. The summed E-state index contributed by atoms with van der Waals surface area (Å²) < 4.78 is 42.9. The van der Waals surface area contributed by atoms with E-state index in [0.29, 0.717) is 17.7 Å². The standard InChI is InChI=1S/C11H13F3N2OS/c12-11(13,14)8-5-18-10(16-8)15-7-3-4-17-9(7)6-1-2-6/h5-7,9H,1-4H2,(H,15,16)/t7-,9-/m0/s1. The minimum Gasteiger partial charge on any atom is -0.376 e. The zero-order valence-electron chi connectivity index (χ0n) is 9.54. The Labute approximate surface area is 106 Å². The van der Waals surface area contributed by atoms with Gasteiger partial charge < -0.3 is 10.1 Å². The molecule has 2 atom stereocenters. The van der Waals surface area contributed by atoms with Gasteiger partial charge in [0.05, 0.1) is 12.1 Å². The lowest BCUT2D eigenvalue weighted by atomic mass is 10.1. The average Bonchev–Trinajstić information content (AvgIpc) is 2.85. The summed E-state index contributed by atoms with van der Waals surface area (Å²) in [5.74, 6) is 0.576. The number of hydrogen-bond acceptors (Lipinski definition) is 4. The smallest absolute Gasteiger partial charge is 0.376 e. The number of nitrogens with one attached hydrogen (secondary N) is 1. The quantitative estimate of drug-likeness (QED) is 0.922. The van der Waals surface area contributed by atoms with Gasteiger partial charge in [-0.2, -0.15) is 13.2 Å². The molecule has 18 heavy (non-hydrogen) atoms. The van der Waals surface area contributed by atoms with E-state index in [1.165, 1.54) is 0 Å². The highest BCUT2D eigenvalue weighted by Crippen LogP contribution is 2.40. The number of thiazole rings is 1. The van der Waals surface area contributed by atoms with Crippen molar-refractivity contribution in [3.05, 3.63) is 11.1 Å². The molecule has 1 saturated carbocycles. The third kappa shape index (κ3) is 2.47. The molecule has 2 aliphatic rings. The molecule has 0 amide bonds. The van der Waals surface area contributed by atoms with Crippen molar-refractivity contribution < 1.29 is 17.9 Å². The molecular formula is C11H13F3N2OS. The maximum atomic E-state index is 12.4. The van der Waals surface area contributed by atoms with Crippen LogP contribution in [0, 0.1) is 5.92 Å². The summed E-state index contributed by atoms with van der Waals surface area (Å²) in [6, 6.07) is 0.102. The fraction of sp³-hybridized carbons (Fsp3) is 0.727. The molecule has 3 nitrogen and oxygen atoms in total. The van der Waals surface area contributed by atoms with Crippen LogP contribution in [0.15, 0.2) is 5.38 Å². The van der Waals surface area contributed by atoms with Crippen LogP contribution in [0.2, 0.25) is 0 Å². The molecule has 1 aromatic rings. The predicted octanol–water partition coefficient (Wildman–Crippen LogP) is 3.14. The van der Waals surface area contributed by atoms with E-state index in [9.17, 15) is 13.2 Å². The number of nitrogens with zero attached hydrogens (tertiary/aromatic N) is 1. The monoisotopic (exact) mass is 278 g/mol. The first-order chi connectivity index (χ1) is 8.54. The molecule has 0 aromatic carbocycles. The van der Waals surface area contributed by atoms with Crippen molar-refractivity contribution in [2.75, 3.05) is 11.9 Å². The van der Waals surface area contributed by atoms with E-state index in [2.05, 4.69) is 10.3 Å². The number of rotatable bonds is 3. The first-order valence-corrected chi connectivity index (χ1v) is 6.83. The fourth-order valence-corrected chi connectivity index (χ4v) is 3.06. The van der Waals surface area contributed by atoms with Gasteiger partial charge in [0.2, 0.25) is 0 Å². The Balaban J connectivity index is 1.67. The molecule has 1 saturated heterocycles. The predicted molar refractivity (Wildman–Crippen MR) is 61.6 cm³/mol. The Kier molecular flexibility index (Phi) is 2.97. The van der Waals surface area contributed by atoms with Gasteiger partial charge in [0.25, 0.3) is 0 Å². The maximum Gasteiger partial charge on any atom is 0.434 e. The summed E-state index contributed by atoms with van der Waals surface area (Å²) in [6.07, 6.45) is -1.06. The second-order valence-electron chi connectivity index (χ2n) is 4.75. The van der Waals surface area contributed by atoms with Crippen molar-refractivity contribution in [1.29, 1.82) is 0 Å². The number of aromatic nitrogens is 1. The first-order valence-electron chi connectivity index (χ1n) is 5.95. The summed E-state index contributed by atoms with van der Waals surface area (Å²) in [6.45, 7) is 0.677. The molecule has 0 bridgehead atoms. The molecule has 0 spiro atoms. The highest BCUT2D eigenvalue weighted by Gasteiger charge is 2.41. The number of ether oxygens (including phenoxy) is 1. The van der Waals surface area contributed by atoms with E-state index in [1.807, 2.05) is 0 Å². The van der Waals surface area contributed by atoms with Crippen LogP contribution in [0.3, 0.4) is 0 Å². The molecule has 7 heteroatoms. The minimum absolute atomic E-state index is 0.102. The van der Waals surface area contributed by atoms with Gasteiger partial charge in [-0.15, -0.1) is 11.3 Å². The van der Waals surface area contributed by atoms with Crippen molar-refractivity contribution in [3.63, 3.8) is 0 Å².